The van der Waals surface area contributed by atoms with Crippen molar-refractivity contribution in [2.45, 2.75) is 0 Å². The van der Waals surface area contributed by atoms with E-state index in [4.69, 9.17) is 11.6 Å². The summed E-state index contributed by atoms with van der Waals surface area (Å²) in [6, 6.07) is 9.32. The Kier molecular flexibility index (Phi) is 5.01. The highest BCUT2D eigenvalue weighted by Crippen LogP contribution is 2.29. The van der Waals surface area contributed by atoms with Crippen molar-refractivity contribution >= 4 is 40.0 Å². The fourth-order valence-electron chi connectivity index (χ4n) is 2.79. The maximum atomic E-state index is 14.4. The number of pyridine rings is 2. The number of aromatic nitrogens is 4. The molecule has 1 aromatic carbocycles. The molecule has 0 aliphatic carbocycles. The smallest absolute Gasteiger partial charge is 0.254 e. The molecule has 0 saturated carbocycles. The fourth-order valence-corrected chi connectivity index (χ4v) is 2.97. The Morgan fingerprint density at radius 2 is 2.00 bits per heavy atom. The van der Waals surface area contributed by atoms with Crippen LogP contribution in [0.2, 0.25) is 5.02 Å². The third-order valence-electron chi connectivity index (χ3n) is 4.19. The molecular formula is C20H14ClFN6O. The zero-order valence-electron chi connectivity index (χ0n) is 15.1. The van der Waals surface area contributed by atoms with Crippen LogP contribution >= 0.6 is 11.6 Å². The largest absolute Gasteiger partial charge is 0.355 e. The Morgan fingerprint density at radius 1 is 1.14 bits per heavy atom. The van der Waals surface area contributed by atoms with Gasteiger partial charge in [-0.15, -0.1) is 0 Å². The van der Waals surface area contributed by atoms with Gasteiger partial charge in [0.05, 0.1) is 22.2 Å². The summed E-state index contributed by atoms with van der Waals surface area (Å²) in [6.45, 7) is 0. The molecule has 0 atom stereocenters. The highest BCUT2D eigenvalue weighted by Gasteiger charge is 2.16. The molecule has 3 heterocycles. The maximum absolute atomic E-state index is 14.4. The highest BCUT2D eigenvalue weighted by molar-refractivity contribution is 6.30. The Bertz CT molecular complexity index is 1230. The van der Waals surface area contributed by atoms with Gasteiger partial charge in [0, 0.05) is 30.7 Å². The minimum atomic E-state index is -0.509. The van der Waals surface area contributed by atoms with E-state index in [1.54, 1.807) is 30.6 Å². The number of halogens is 2. The summed E-state index contributed by atoms with van der Waals surface area (Å²) in [5.41, 5.74) is 1.34. The average Bonchev–Trinajstić information content (AvgIpc) is 2.75. The molecule has 2 N–H and O–H groups in total. The van der Waals surface area contributed by atoms with Crippen molar-refractivity contribution in [2.75, 3.05) is 12.4 Å². The molecule has 9 heteroatoms. The lowest BCUT2D eigenvalue weighted by atomic mass is 10.2. The number of anilines is 2. The minimum Gasteiger partial charge on any atom is -0.355 e. The van der Waals surface area contributed by atoms with E-state index in [9.17, 15) is 9.18 Å². The summed E-state index contributed by atoms with van der Waals surface area (Å²) in [7, 11) is 1.53. The van der Waals surface area contributed by atoms with E-state index < -0.39 is 5.82 Å². The predicted octanol–water partition coefficient (Wildman–Crippen LogP) is 3.98. The summed E-state index contributed by atoms with van der Waals surface area (Å²) in [4.78, 5) is 29.3. The van der Waals surface area contributed by atoms with Crippen LogP contribution < -0.4 is 10.6 Å². The molecular weight excluding hydrogens is 395 g/mol. The van der Waals surface area contributed by atoms with E-state index in [0.717, 1.165) is 0 Å². The van der Waals surface area contributed by atoms with Crippen molar-refractivity contribution in [3.8, 4) is 11.4 Å². The second-order valence-corrected chi connectivity index (χ2v) is 6.46. The molecule has 4 rings (SSSR count). The molecule has 0 aliphatic rings. The molecule has 1 amide bonds. The van der Waals surface area contributed by atoms with Crippen molar-refractivity contribution in [3.05, 3.63) is 71.4 Å². The number of fused-ring (bicyclic) bond motifs is 1. The number of hydrogen-bond acceptors (Lipinski definition) is 6. The van der Waals surface area contributed by atoms with Crippen LogP contribution in [-0.4, -0.2) is 32.9 Å². The second-order valence-electron chi connectivity index (χ2n) is 6.02. The number of nitrogens with one attached hydrogen (secondary N) is 2. The van der Waals surface area contributed by atoms with E-state index >= 15 is 0 Å². The molecule has 0 saturated heterocycles. The van der Waals surface area contributed by atoms with E-state index in [2.05, 4.69) is 30.6 Å². The summed E-state index contributed by atoms with van der Waals surface area (Å²) in [6.07, 6.45) is 4.58. The first kappa shape index (κ1) is 18.7. The minimum absolute atomic E-state index is 0.120. The summed E-state index contributed by atoms with van der Waals surface area (Å²) < 4.78 is 14.4. The number of rotatable bonds is 4. The van der Waals surface area contributed by atoms with Crippen LogP contribution in [-0.2, 0) is 0 Å². The van der Waals surface area contributed by atoms with Crippen LogP contribution in [0.15, 0.2) is 55.0 Å². The van der Waals surface area contributed by atoms with Gasteiger partial charge in [-0.05, 0) is 36.4 Å². The standard InChI is InChI=1S/C20H14ClFN6O/c1-23-20(29)14-10-24-8-6-16(14)26-18-12-3-2-7-25-17(12)27-19(28-18)13-9-11(21)4-5-15(13)22/h2-10H,1H3,(H,23,29)(H,24,25,26,27,28). The first-order chi connectivity index (χ1) is 14.1. The van der Waals surface area contributed by atoms with Gasteiger partial charge in [0.1, 0.15) is 11.6 Å². The van der Waals surface area contributed by atoms with E-state index in [1.807, 2.05) is 0 Å². The monoisotopic (exact) mass is 408 g/mol. The first-order valence-electron chi connectivity index (χ1n) is 8.58. The average molecular weight is 409 g/mol. The number of carbonyl (C=O) groups is 1. The zero-order chi connectivity index (χ0) is 20.4. The molecule has 0 radical (unpaired) electrons. The zero-order valence-corrected chi connectivity index (χ0v) is 15.9. The molecule has 0 aliphatic heterocycles. The number of nitrogens with zero attached hydrogens (tertiary/aromatic N) is 4. The van der Waals surface area contributed by atoms with E-state index in [-0.39, 0.29) is 17.3 Å². The summed E-state index contributed by atoms with van der Waals surface area (Å²) >= 11 is 6.02. The molecule has 7 nitrogen and oxygen atoms in total. The van der Waals surface area contributed by atoms with Gasteiger partial charge in [-0.3, -0.25) is 9.78 Å². The summed E-state index contributed by atoms with van der Waals surface area (Å²) in [5, 5.41) is 6.66. The van der Waals surface area contributed by atoms with Crippen LogP contribution in [0.25, 0.3) is 22.4 Å². The molecule has 29 heavy (non-hydrogen) atoms. The summed E-state index contributed by atoms with van der Waals surface area (Å²) in [5.74, 6) is -0.327. The third-order valence-corrected chi connectivity index (χ3v) is 4.42. The van der Waals surface area contributed by atoms with Gasteiger partial charge >= 0.3 is 0 Å². The van der Waals surface area contributed by atoms with Crippen LogP contribution in [0.1, 0.15) is 10.4 Å². The Morgan fingerprint density at radius 3 is 2.83 bits per heavy atom. The molecule has 0 unspecified atom stereocenters. The quantitative estimate of drug-likeness (QED) is 0.530. The van der Waals surface area contributed by atoms with E-state index in [1.165, 1.54) is 31.4 Å². The van der Waals surface area contributed by atoms with Crippen molar-refractivity contribution in [2.24, 2.45) is 0 Å². The lowest BCUT2D eigenvalue weighted by Gasteiger charge is -2.13. The third kappa shape index (κ3) is 3.70. The van der Waals surface area contributed by atoms with Gasteiger partial charge in [-0.2, -0.15) is 0 Å². The topological polar surface area (TPSA) is 92.7 Å². The molecule has 0 fully saturated rings. The van der Waals surface area contributed by atoms with Crippen molar-refractivity contribution in [1.29, 1.82) is 0 Å². The molecule has 0 spiro atoms. The van der Waals surface area contributed by atoms with Crippen molar-refractivity contribution < 1.29 is 9.18 Å². The van der Waals surface area contributed by atoms with Gasteiger partial charge in [-0.1, -0.05) is 11.6 Å². The molecule has 4 aromatic rings. The normalized spacial score (nSPS) is 10.7. The van der Waals surface area contributed by atoms with Crippen LogP contribution in [0, 0.1) is 5.82 Å². The van der Waals surface area contributed by atoms with Crippen LogP contribution in [0.5, 0.6) is 0 Å². The van der Waals surface area contributed by atoms with Crippen molar-refractivity contribution in [1.82, 2.24) is 25.3 Å². The SMILES string of the molecule is CNC(=O)c1cnccc1Nc1nc(-c2cc(Cl)ccc2F)nc2ncccc12. The molecule has 0 bridgehead atoms. The number of amides is 1. The predicted molar refractivity (Wildman–Crippen MR) is 109 cm³/mol. The lowest BCUT2D eigenvalue weighted by Crippen LogP contribution is -2.19. The van der Waals surface area contributed by atoms with Crippen LogP contribution in [0.4, 0.5) is 15.9 Å². The number of hydrogen-bond donors (Lipinski definition) is 2. The molecule has 3 aromatic heterocycles. The lowest BCUT2D eigenvalue weighted by molar-refractivity contribution is 0.0963. The van der Waals surface area contributed by atoms with Gasteiger partial charge in [0.15, 0.2) is 11.5 Å². The van der Waals surface area contributed by atoms with Gasteiger partial charge in [0.2, 0.25) is 0 Å². The number of carbonyl (C=O) groups excluding carboxylic acids is 1. The highest BCUT2D eigenvalue weighted by atomic mass is 35.5. The van der Waals surface area contributed by atoms with Gasteiger partial charge < -0.3 is 10.6 Å². The first-order valence-corrected chi connectivity index (χ1v) is 8.96. The molecule has 144 valence electrons. The second kappa shape index (κ2) is 7.76. The number of benzene rings is 1. The van der Waals surface area contributed by atoms with Crippen LogP contribution in [0.3, 0.4) is 0 Å². The van der Waals surface area contributed by atoms with Gasteiger partial charge in [-0.25, -0.2) is 19.3 Å². The van der Waals surface area contributed by atoms with Gasteiger partial charge in [0.25, 0.3) is 5.91 Å². The van der Waals surface area contributed by atoms with Crippen molar-refractivity contribution in [3.63, 3.8) is 0 Å². The fraction of sp³-hybridized carbons (Fsp3) is 0.0500. The Hall–Kier alpha value is -3.65. The Labute approximate surface area is 170 Å². The maximum Gasteiger partial charge on any atom is 0.254 e. The van der Waals surface area contributed by atoms with E-state index in [0.29, 0.717) is 33.1 Å². The Balaban J connectivity index is 1.89.